The third kappa shape index (κ3) is 2.73. The molecule has 0 aliphatic rings. The molecule has 0 fully saturated rings. The van der Waals surface area contributed by atoms with Crippen molar-refractivity contribution in [3.8, 4) is 6.07 Å². The molecule has 18 heavy (non-hydrogen) atoms. The van der Waals surface area contributed by atoms with Gasteiger partial charge in [-0.2, -0.15) is 5.26 Å². The lowest BCUT2D eigenvalue weighted by Crippen LogP contribution is -1.96. The van der Waals surface area contributed by atoms with E-state index < -0.39 is 0 Å². The first-order chi connectivity index (χ1) is 8.58. The van der Waals surface area contributed by atoms with Gasteiger partial charge in [0.15, 0.2) is 0 Å². The molecular weight excluding hydrogens is 246 g/mol. The van der Waals surface area contributed by atoms with Gasteiger partial charge in [-0.1, -0.05) is 11.6 Å². The van der Waals surface area contributed by atoms with Gasteiger partial charge in [-0.25, -0.2) is 0 Å². The van der Waals surface area contributed by atoms with Gasteiger partial charge in [-0.15, -0.1) is 0 Å². The molecule has 0 unspecified atom stereocenters. The molecule has 0 saturated heterocycles. The number of nitrogens with one attached hydrogen (secondary N) is 1. The minimum absolute atomic E-state index is 0.541. The Hall–Kier alpha value is -2.18. The summed E-state index contributed by atoms with van der Waals surface area (Å²) in [7, 11) is 0. The average Bonchev–Trinajstić information content (AvgIpc) is 2.27. The standard InChI is InChI=1S/C14H12ClN3/c1-9-4-12(17)7-13(5-9)18-14-6-11(15)3-2-10(14)8-16/h2-7,18H,17H2,1H3. The highest BCUT2D eigenvalue weighted by Crippen LogP contribution is 2.26. The Morgan fingerprint density at radius 2 is 2.00 bits per heavy atom. The van der Waals surface area contributed by atoms with Crippen molar-refractivity contribution in [2.75, 3.05) is 11.1 Å². The second-order valence-corrected chi connectivity index (χ2v) is 4.50. The Bertz CT molecular complexity index is 609. The molecular formula is C14H12ClN3. The molecule has 0 amide bonds. The maximum Gasteiger partial charge on any atom is 0.101 e. The van der Waals surface area contributed by atoms with Crippen molar-refractivity contribution in [2.45, 2.75) is 6.92 Å². The number of halogens is 1. The zero-order valence-electron chi connectivity index (χ0n) is 9.87. The van der Waals surface area contributed by atoms with Gasteiger partial charge in [0.05, 0.1) is 11.3 Å². The van der Waals surface area contributed by atoms with Crippen molar-refractivity contribution in [1.29, 1.82) is 5.26 Å². The minimum atomic E-state index is 0.541. The van der Waals surface area contributed by atoms with Gasteiger partial charge in [0.1, 0.15) is 6.07 Å². The monoisotopic (exact) mass is 257 g/mol. The molecule has 0 aliphatic heterocycles. The van der Waals surface area contributed by atoms with E-state index in [1.165, 1.54) is 0 Å². The van der Waals surface area contributed by atoms with Crippen LogP contribution in [0.2, 0.25) is 5.02 Å². The van der Waals surface area contributed by atoms with Gasteiger partial charge >= 0.3 is 0 Å². The molecule has 0 aromatic heterocycles. The summed E-state index contributed by atoms with van der Waals surface area (Å²) >= 11 is 5.93. The van der Waals surface area contributed by atoms with Crippen molar-refractivity contribution in [3.63, 3.8) is 0 Å². The SMILES string of the molecule is Cc1cc(N)cc(Nc2cc(Cl)ccc2C#N)c1. The quantitative estimate of drug-likeness (QED) is 0.804. The minimum Gasteiger partial charge on any atom is -0.399 e. The van der Waals surface area contributed by atoms with Gasteiger partial charge in [0.2, 0.25) is 0 Å². The lowest BCUT2D eigenvalue weighted by atomic mass is 10.1. The largest absolute Gasteiger partial charge is 0.399 e. The van der Waals surface area contributed by atoms with Crippen LogP contribution >= 0.6 is 11.6 Å². The normalized spacial score (nSPS) is 9.83. The highest BCUT2D eigenvalue weighted by Gasteiger charge is 2.04. The van der Waals surface area contributed by atoms with E-state index in [4.69, 9.17) is 22.6 Å². The Labute approximate surface area is 111 Å². The van der Waals surface area contributed by atoms with Gasteiger partial charge in [0.25, 0.3) is 0 Å². The molecule has 0 aliphatic carbocycles. The van der Waals surface area contributed by atoms with Crippen LogP contribution in [0.1, 0.15) is 11.1 Å². The molecule has 2 rings (SSSR count). The second kappa shape index (κ2) is 4.99. The number of nitriles is 1. The van der Waals surface area contributed by atoms with E-state index in [2.05, 4.69) is 11.4 Å². The number of benzene rings is 2. The Kier molecular flexibility index (Phi) is 3.40. The zero-order valence-corrected chi connectivity index (χ0v) is 10.6. The van der Waals surface area contributed by atoms with E-state index in [0.717, 1.165) is 11.3 Å². The van der Waals surface area contributed by atoms with E-state index >= 15 is 0 Å². The molecule has 90 valence electrons. The molecule has 0 atom stereocenters. The molecule has 3 nitrogen and oxygen atoms in total. The number of hydrogen-bond donors (Lipinski definition) is 2. The van der Waals surface area contributed by atoms with E-state index in [-0.39, 0.29) is 0 Å². The maximum absolute atomic E-state index is 9.04. The molecule has 0 spiro atoms. The molecule has 2 aromatic rings. The number of aryl methyl sites for hydroxylation is 1. The molecule has 0 saturated carbocycles. The molecule has 0 heterocycles. The Morgan fingerprint density at radius 3 is 2.67 bits per heavy atom. The van der Waals surface area contributed by atoms with Gasteiger partial charge < -0.3 is 11.1 Å². The molecule has 3 N–H and O–H groups in total. The highest BCUT2D eigenvalue weighted by atomic mass is 35.5. The third-order valence-electron chi connectivity index (χ3n) is 2.48. The van der Waals surface area contributed by atoms with Crippen molar-refractivity contribution < 1.29 is 0 Å². The van der Waals surface area contributed by atoms with Gasteiger partial charge in [0, 0.05) is 16.4 Å². The van der Waals surface area contributed by atoms with Crippen LogP contribution in [-0.4, -0.2) is 0 Å². The van der Waals surface area contributed by atoms with E-state index in [9.17, 15) is 0 Å². The first-order valence-corrected chi connectivity index (χ1v) is 5.80. The summed E-state index contributed by atoms with van der Waals surface area (Å²) < 4.78 is 0. The number of nitrogens with zero attached hydrogens (tertiary/aromatic N) is 1. The van der Waals surface area contributed by atoms with Crippen LogP contribution in [0.15, 0.2) is 36.4 Å². The maximum atomic E-state index is 9.04. The van der Waals surface area contributed by atoms with Crippen molar-refractivity contribution in [2.24, 2.45) is 0 Å². The van der Waals surface area contributed by atoms with Crippen LogP contribution in [-0.2, 0) is 0 Å². The topological polar surface area (TPSA) is 61.8 Å². The van der Waals surface area contributed by atoms with Crippen LogP contribution in [0.5, 0.6) is 0 Å². The number of rotatable bonds is 2. The summed E-state index contributed by atoms with van der Waals surface area (Å²) in [5.74, 6) is 0. The highest BCUT2D eigenvalue weighted by molar-refractivity contribution is 6.30. The lowest BCUT2D eigenvalue weighted by molar-refractivity contribution is 1.43. The van der Waals surface area contributed by atoms with Crippen LogP contribution in [0.3, 0.4) is 0 Å². The van der Waals surface area contributed by atoms with Crippen LogP contribution in [0.4, 0.5) is 17.1 Å². The molecule has 2 aromatic carbocycles. The number of nitrogen functional groups attached to an aromatic ring is 1. The van der Waals surface area contributed by atoms with E-state index in [0.29, 0.717) is 22.0 Å². The predicted molar refractivity (Wildman–Crippen MR) is 75.0 cm³/mol. The summed E-state index contributed by atoms with van der Waals surface area (Å²) in [6.45, 7) is 1.96. The van der Waals surface area contributed by atoms with Crippen LogP contribution < -0.4 is 11.1 Å². The Morgan fingerprint density at radius 1 is 1.22 bits per heavy atom. The first kappa shape index (κ1) is 12.3. The van der Waals surface area contributed by atoms with Crippen LogP contribution in [0.25, 0.3) is 0 Å². The number of nitrogens with two attached hydrogens (primary N) is 1. The van der Waals surface area contributed by atoms with Crippen LogP contribution in [0, 0.1) is 18.3 Å². The summed E-state index contributed by atoms with van der Waals surface area (Å²) in [6, 6.07) is 12.9. The fraction of sp³-hybridized carbons (Fsp3) is 0.0714. The van der Waals surface area contributed by atoms with Crippen molar-refractivity contribution >= 4 is 28.7 Å². The predicted octanol–water partition coefficient (Wildman–Crippen LogP) is 3.85. The summed E-state index contributed by atoms with van der Waals surface area (Å²) in [5.41, 5.74) is 9.57. The molecule has 0 bridgehead atoms. The molecule has 4 heteroatoms. The number of hydrogen-bond acceptors (Lipinski definition) is 3. The summed E-state index contributed by atoms with van der Waals surface area (Å²) in [4.78, 5) is 0. The van der Waals surface area contributed by atoms with Gasteiger partial charge in [-0.3, -0.25) is 0 Å². The summed E-state index contributed by atoms with van der Waals surface area (Å²) in [6.07, 6.45) is 0. The third-order valence-corrected chi connectivity index (χ3v) is 2.72. The zero-order chi connectivity index (χ0) is 13.1. The fourth-order valence-corrected chi connectivity index (χ4v) is 1.93. The van der Waals surface area contributed by atoms with Crippen molar-refractivity contribution in [3.05, 3.63) is 52.5 Å². The first-order valence-electron chi connectivity index (χ1n) is 5.42. The van der Waals surface area contributed by atoms with E-state index in [1.54, 1.807) is 18.2 Å². The average molecular weight is 258 g/mol. The smallest absolute Gasteiger partial charge is 0.101 e. The fourth-order valence-electron chi connectivity index (χ4n) is 1.76. The Balaban J connectivity index is 2.39. The number of anilines is 3. The second-order valence-electron chi connectivity index (χ2n) is 4.06. The van der Waals surface area contributed by atoms with Crippen molar-refractivity contribution in [1.82, 2.24) is 0 Å². The van der Waals surface area contributed by atoms with E-state index in [1.807, 2.05) is 25.1 Å². The van der Waals surface area contributed by atoms with Gasteiger partial charge in [-0.05, 0) is 48.9 Å². The lowest BCUT2D eigenvalue weighted by Gasteiger charge is -2.10. The summed E-state index contributed by atoms with van der Waals surface area (Å²) in [5, 5.41) is 12.8. The molecule has 0 radical (unpaired) electrons.